The normalized spacial score (nSPS) is 10.2. The number of rotatable bonds is 3. The van der Waals surface area contributed by atoms with Crippen LogP contribution in [0.1, 0.15) is 10.4 Å². The summed E-state index contributed by atoms with van der Waals surface area (Å²) in [5.41, 5.74) is 5.54. The summed E-state index contributed by atoms with van der Waals surface area (Å²) < 4.78 is 0. The second-order valence-corrected chi connectivity index (χ2v) is 4.78. The van der Waals surface area contributed by atoms with Crippen LogP contribution in [0.3, 0.4) is 0 Å². The van der Waals surface area contributed by atoms with Crippen molar-refractivity contribution < 1.29 is 9.72 Å². The molecule has 3 N–H and O–H groups in total. The maximum atomic E-state index is 12.0. The Morgan fingerprint density at radius 2 is 2.00 bits per heavy atom. The fraction of sp³-hybridized carbons (Fsp3) is 0. The molecule has 0 saturated carbocycles. The molecular weight excluding hydrogens is 319 g/mol. The lowest BCUT2D eigenvalue weighted by molar-refractivity contribution is -0.384. The number of aromatic nitrogens is 1. The largest absolute Gasteiger partial charge is 0.382 e. The number of nitrogen functional groups attached to an aromatic ring is 1. The minimum absolute atomic E-state index is 0.0183. The molecule has 21 heavy (non-hydrogen) atoms. The predicted octanol–water partition coefficient (Wildman–Crippen LogP) is 3.13. The highest BCUT2D eigenvalue weighted by atomic mass is 35.5. The van der Waals surface area contributed by atoms with E-state index in [4.69, 9.17) is 28.9 Å². The number of anilines is 2. The number of carbonyl (C=O) groups excluding carboxylic acids is 1. The summed E-state index contributed by atoms with van der Waals surface area (Å²) in [4.78, 5) is 25.9. The van der Waals surface area contributed by atoms with Crippen LogP contribution in [0.15, 0.2) is 30.5 Å². The number of nitrogens with one attached hydrogen (secondary N) is 1. The van der Waals surface area contributed by atoms with Crippen molar-refractivity contribution >= 4 is 46.3 Å². The van der Waals surface area contributed by atoms with Gasteiger partial charge in [-0.3, -0.25) is 14.9 Å². The van der Waals surface area contributed by atoms with Crippen LogP contribution in [-0.2, 0) is 0 Å². The second kappa shape index (κ2) is 5.94. The molecule has 0 saturated heterocycles. The van der Waals surface area contributed by atoms with E-state index in [0.29, 0.717) is 0 Å². The van der Waals surface area contributed by atoms with E-state index in [2.05, 4.69) is 10.3 Å². The average molecular weight is 327 g/mol. The molecule has 1 heterocycles. The number of nitro benzene ring substituents is 1. The first-order valence-corrected chi connectivity index (χ1v) is 6.30. The average Bonchev–Trinajstić information content (AvgIpc) is 2.43. The summed E-state index contributed by atoms with van der Waals surface area (Å²) in [7, 11) is 0. The Labute approximate surface area is 128 Å². The van der Waals surface area contributed by atoms with Gasteiger partial charge in [-0.05, 0) is 18.2 Å². The molecule has 7 nitrogen and oxygen atoms in total. The molecule has 1 aromatic carbocycles. The van der Waals surface area contributed by atoms with Gasteiger partial charge >= 0.3 is 0 Å². The quantitative estimate of drug-likeness (QED) is 0.664. The van der Waals surface area contributed by atoms with Crippen LogP contribution in [0, 0.1) is 10.1 Å². The Kier molecular flexibility index (Phi) is 4.25. The molecule has 1 amide bonds. The molecule has 1 aromatic heterocycles. The number of nitrogens with zero attached hydrogens (tertiary/aromatic N) is 2. The molecule has 2 rings (SSSR count). The van der Waals surface area contributed by atoms with Crippen LogP contribution < -0.4 is 11.1 Å². The Balaban J connectivity index is 2.25. The Morgan fingerprint density at radius 1 is 1.29 bits per heavy atom. The lowest BCUT2D eigenvalue weighted by Crippen LogP contribution is -2.12. The first-order valence-electron chi connectivity index (χ1n) is 5.55. The highest BCUT2D eigenvalue weighted by molar-refractivity contribution is 6.33. The molecule has 0 aliphatic rings. The van der Waals surface area contributed by atoms with Gasteiger partial charge in [0.1, 0.15) is 10.8 Å². The maximum Gasteiger partial charge on any atom is 0.289 e. The minimum atomic E-state index is -0.639. The van der Waals surface area contributed by atoms with E-state index in [9.17, 15) is 14.9 Å². The topological polar surface area (TPSA) is 111 Å². The fourth-order valence-electron chi connectivity index (χ4n) is 1.51. The first-order chi connectivity index (χ1) is 9.88. The molecular formula is C12H8Cl2N4O3. The summed E-state index contributed by atoms with van der Waals surface area (Å²) >= 11 is 11.5. The van der Waals surface area contributed by atoms with Crippen molar-refractivity contribution in [2.75, 3.05) is 11.1 Å². The predicted molar refractivity (Wildman–Crippen MR) is 79.7 cm³/mol. The van der Waals surface area contributed by atoms with Crippen LogP contribution in [0.4, 0.5) is 17.2 Å². The van der Waals surface area contributed by atoms with Crippen molar-refractivity contribution in [2.45, 2.75) is 0 Å². The van der Waals surface area contributed by atoms with E-state index in [0.717, 1.165) is 6.07 Å². The number of amides is 1. The van der Waals surface area contributed by atoms with E-state index in [1.54, 1.807) is 0 Å². The number of hydrogen-bond donors (Lipinski definition) is 2. The van der Waals surface area contributed by atoms with Gasteiger partial charge in [0.25, 0.3) is 11.6 Å². The summed E-state index contributed by atoms with van der Waals surface area (Å²) in [6, 6.07) is 5.28. The van der Waals surface area contributed by atoms with E-state index >= 15 is 0 Å². The lowest BCUT2D eigenvalue weighted by atomic mass is 10.2. The zero-order valence-corrected chi connectivity index (χ0v) is 11.9. The standard InChI is InChI=1S/C12H8Cl2N4O3/c13-8-2-1-7(4-10(8)18(20)21)17-12(19)6-3-9(14)11(15)16-5-6/h1-5H,(H2,15,16)(H,17,19). The van der Waals surface area contributed by atoms with Gasteiger partial charge in [0.2, 0.25) is 0 Å². The highest BCUT2D eigenvalue weighted by Gasteiger charge is 2.15. The van der Waals surface area contributed by atoms with Crippen LogP contribution in [0.25, 0.3) is 0 Å². The molecule has 9 heteroatoms. The summed E-state index contributed by atoms with van der Waals surface area (Å²) in [6.07, 6.45) is 1.25. The third-order valence-corrected chi connectivity index (χ3v) is 3.15. The van der Waals surface area contributed by atoms with Crippen LogP contribution in [0.5, 0.6) is 0 Å². The van der Waals surface area contributed by atoms with Crippen LogP contribution in [-0.4, -0.2) is 15.8 Å². The molecule has 108 valence electrons. The van der Waals surface area contributed by atoms with Crippen molar-refractivity contribution in [1.82, 2.24) is 4.98 Å². The van der Waals surface area contributed by atoms with Gasteiger partial charge in [0.15, 0.2) is 0 Å². The van der Waals surface area contributed by atoms with Gasteiger partial charge in [0, 0.05) is 18.0 Å². The Bertz CT molecular complexity index is 736. The van der Waals surface area contributed by atoms with Crippen LogP contribution >= 0.6 is 23.2 Å². The van der Waals surface area contributed by atoms with Gasteiger partial charge in [-0.25, -0.2) is 4.98 Å². The molecule has 0 unspecified atom stereocenters. The summed E-state index contributed by atoms with van der Waals surface area (Å²) in [5, 5.41) is 13.4. The molecule has 0 bridgehead atoms. The number of carbonyl (C=O) groups is 1. The van der Waals surface area contributed by atoms with E-state index in [1.807, 2.05) is 0 Å². The Hall–Kier alpha value is -2.38. The smallest absolute Gasteiger partial charge is 0.289 e. The molecule has 0 radical (unpaired) electrons. The van der Waals surface area contributed by atoms with E-state index < -0.39 is 10.8 Å². The van der Waals surface area contributed by atoms with Gasteiger partial charge in [-0.1, -0.05) is 23.2 Å². The number of nitrogens with two attached hydrogens (primary N) is 1. The highest BCUT2D eigenvalue weighted by Crippen LogP contribution is 2.27. The third kappa shape index (κ3) is 3.39. The van der Waals surface area contributed by atoms with Crippen molar-refractivity contribution in [2.24, 2.45) is 0 Å². The van der Waals surface area contributed by atoms with Gasteiger partial charge in [-0.15, -0.1) is 0 Å². The molecule has 0 aliphatic heterocycles. The lowest BCUT2D eigenvalue weighted by Gasteiger charge is -2.06. The monoisotopic (exact) mass is 326 g/mol. The summed E-state index contributed by atoms with van der Waals surface area (Å²) in [6.45, 7) is 0. The first kappa shape index (κ1) is 15.0. The number of hydrogen-bond acceptors (Lipinski definition) is 5. The fourth-order valence-corrected chi connectivity index (χ4v) is 1.86. The second-order valence-electron chi connectivity index (χ2n) is 3.97. The van der Waals surface area contributed by atoms with Gasteiger partial charge in [0.05, 0.1) is 15.5 Å². The molecule has 2 aromatic rings. The zero-order chi connectivity index (χ0) is 15.6. The number of halogens is 2. The van der Waals surface area contributed by atoms with E-state index in [-0.39, 0.29) is 32.8 Å². The van der Waals surface area contributed by atoms with E-state index in [1.165, 1.54) is 24.4 Å². The number of nitro groups is 1. The minimum Gasteiger partial charge on any atom is -0.382 e. The molecule has 0 aliphatic carbocycles. The van der Waals surface area contributed by atoms with Crippen molar-refractivity contribution in [3.63, 3.8) is 0 Å². The van der Waals surface area contributed by atoms with Crippen molar-refractivity contribution in [3.05, 3.63) is 56.2 Å². The molecule has 0 atom stereocenters. The maximum absolute atomic E-state index is 12.0. The SMILES string of the molecule is Nc1ncc(C(=O)Nc2ccc(Cl)c([N+](=O)[O-])c2)cc1Cl. The van der Waals surface area contributed by atoms with Gasteiger partial charge in [-0.2, -0.15) is 0 Å². The zero-order valence-electron chi connectivity index (χ0n) is 10.3. The Morgan fingerprint density at radius 3 is 2.62 bits per heavy atom. The summed E-state index contributed by atoms with van der Waals surface area (Å²) in [5.74, 6) is -0.420. The molecule has 0 spiro atoms. The number of pyridine rings is 1. The van der Waals surface area contributed by atoms with Crippen LogP contribution in [0.2, 0.25) is 10.0 Å². The molecule has 0 fully saturated rings. The number of benzene rings is 1. The van der Waals surface area contributed by atoms with Crippen molar-refractivity contribution in [3.8, 4) is 0 Å². The third-order valence-electron chi connectivity index (χ3n) is 2.53. The van der Waals surface area contributed by atoms with Crippen molar-refractivity contribution in [1.29, 1.82) is 0 Å². The van der Waals surface area contributed by atoms with Gasteiger partial charge < -0.3 is 11.1 Å².